The van der Waals surface area contributed by atoms with Gasteiger partial charge in [-0.2, -0.15) is 18.2 Å². The molecule has 0 saturated carbocycles. The molecule has 0 N–H and O–H groups in total. The molecule has 2 aliphatic heterocycles. The van der Waals surface area contributed by atoms with Crippen molar-refractivity contribution in [2.45, 2.75) is 32.4 Å². The van der Waals surface area contributed by atoms with Crippen molar-refractivity contribution in [3.63, 3.8) is 0 Å². The van der Waals surface area contributed by atoms with Gasteiger partial charge in [-0.05, 0) is 31.4 Å². The Kier molecular flexibility index (Phi) is 7.58. The molecule has 0 unspecified atom stereocenters. The molecular weight excluding hydrogens is 469 g/mol. The molecule has 190 valence electrons. The molecule has 0 amide bonds. The Balaban J connectivity index is 1.41. The van der Waals surface area contributed by atoms with Crippen LogP contribution in [0.15, 0.2) is 22.7 Å². The topological polar surface area (TPSA) is 98.0 Å². The first-order valence-corrected chi connectivity index (χ1v) is 11.6. The van der Waals surface area contributed by atoms with Crippen LogP contribution in [-0.2, 0) is 26.9 Å². The number of anilines is 2. The predicted molar refractivity (Wildman–Crippen MR) is 118 cm³/mol. The lowest BCUT2D eigenvalue weighted by molar-refractivity contribution is -0.148. The first kappa shape index (κ1) is 25.0. The number of esters is 1. The molecule has 0 aromatic carbocycles. The van der Waals surface area contributed by atoms with Crippen LogP contribution in [0.5, 0.6) is 0 Å². The molecule has 0 aliphatic carbocycles. The van der Waals surface area contributed by atoms with Gasteiger partial charge in [-0.3, -0.25) is 9.59 Å². The highest BCUT2D eigenvalue weighted by atomic mass is 19.4. The van der Waals surface area contributed by atoms with Gasteiger partial charge < -0.3 is 23.7 Å². The number of hydrogen-bond donors (Lipinski definition) is 0. The van der Waals surface area contributed by atoms with E-state index in [0.29, 0.717) is 70.2 Å². The Labute approximate surface area is 200 Å². The summed E-state index contributed by atoms with van der Waals surface area (Å²) in [7, 11) is 0. The number of halogens is 3. The largest absolute Gasteiger partial charge is 0.466 e. The summed E-state index contributed by atoms with van der Waals surface area (Å²) in [5, 5.41) is 0. The molecule has 2 saturated heterocycles. The van der Waals surface area contributed by atoms with Crippen molar-refractivity contribution in [3.05, 3.63) is 35.3 Å². The van der Waals surface area contributed by atoms with E-state index in [1.807, 2.05) is 4.90 Å². The second kappa shape index (κ2) is 10.6. The maximum Gasteiger partial charge on any atom is 0.437 e. The first-order valence-electron chi connectivity index (χ1n) is 11.6. The van der Waals surface area contributed by atoms with E-state index in [1.165, 1.54) is 11.1 Å². The summed E-state index contributed by atoms with van der Waals surface area (Å²) in [5.41, 5.74) is -0.865. The average molecular weight is 496 g/mol. The van der Waals surface area contributed by atoms with Gasteiger partial charge in [-0.1, -0.05) is 6.07 Å². The number of piperidine rings is 1. The van der Waals surface area contributed by atoms with Gasteiger partial charge in [0.1, 0.15) is 5.82 Å². The summed E-state index contributed by atoms with van der Waals surface area (Å²) in [5.74, 6) is -1.27. The van der Waals surface area contributed by atoms with E-state index in [2.05, 4.69) is 9.97 Å². The van der Waals surface area contributed by atoms with Gasteiger partial charge >= 0.3 is 12.1 Å². The van der Waals surface area contributed by atoms with Crippen molar-refractivity contribution < 1.29 is 36.7 Å². The van der Waals surface area contributed by atoms with Crippen LogP contribution in [0.2, 0.25) is 0 Å². The number of nitrogens with zero attached hydrogens (tertiary/aromatic N) is 4. The zero-order valence-electron chi connectivity index (χ0n) is 19.3. The van der Waals surface area contributed by atoms with Crippen molar-refractivity contribution in [1.29, 1.82) is 0 Å². The Morgan fingerprint density at radius 2 is 1.83 bits per heavy atom. The Morgan fingerprint density at radius 1 is 1.11 bits per heavy atom. The van der Waals surface area contributed by atoms with Crippen LogP contribution in [0.3, 0.4) is 0 Å². The van der Waals surface area contributed by atoms with Crippen LogP contribution in [-0.4, -0.2) is 67.7 Å². The number of oxazole rings is 1. The highest BCUT2D eigenvalue weighted by Gasteiger charge is 2.41. The fourth-order valence-corrected chi connectivity index (χ4v) is 4.16. The molecule has 4 rings (SSSR count). The highest BCUT2D eigenvalue weighted by Crippen LogP contribution is 2.35. The lowest BCUT2D eigenvalue weighted by Crippen LogP contribution is -2.37. The van der Waals surface area contributed by atoms with Crippen molar-refractivity contribution >= 4 is 23.6 Å². The molecule has 2 aromatic rings. The molecule has 9 nitrogen and oxygen atoms in total. The number of ketones is 1. The molecule has 12 heteroatoms. The highest BCUT2D eigenvalue weighted by molar-refractivity contribution is 5.96. The molecular formula is C23H27F3N4O5. The first-order chi connectivity index (χ1) is 16.8. The molecule has 35 heavy (non-hydrogen) atoms. The van der Waals surface area contributed by atoms with Crippen molar-refractivity contribution in [3.8, 4) is 0 Å². The van der Waals surface area contributed by atoms with Gasteiger partial charge in [0.2, 0.25) is 11.5 Å². The minimum absolute atomic E-state index is 0.129. The number of carbonyl (C=O) groups is 2. The molecule has 0 spiro atoms. The van der Waals surface area contributed by atoms with Gasteiger partial charge in [0.05, 0.1) is 25.7 Å². The normalized spacial score (nSPS) is 17.5. The van der Waals surface area contributed by atoms with Crippen LogP contribution in [0.25, 0.3) is 0 Å². The van der Waals surface area contributed by atoms with Crippen LogP contribution in [0, 0.1) is 5.92 Å². The maximum atomic E-state index is 13.5. The van der Waals surface area contributed by atoms with E-state index >= 15 is 0 Å². The van der Waals surface area contributed by atoms with E-state index in [9.17, 15) is 22.8 Å². The summed E-state index contributed by atoms with van der Waals surface area (Å²) >= 11 is 0. The Bertz CT molecular complexity index is 1030. The van der Waals surface area contributed by atoms with Crippen LogP contribution < -0.4 is 9.80 Å². The number of rotatable bonds is 7. The fraction of sp³-hybridized carbons (Fsp3) is 0.565. The van der Waals surface area contributed by atoms with E-state index < -0.39 is 23.4 Å². The van der Waals surface area contributed by atoms with Crippen LogP contribution >= 0.6 is 0 Å². The van der Waals surface area contributed by atoms with E-state index in [4.69, 9.17) is 13.9 Å². The predicted octanol–water partition coefficient (Wildman–Crippen LogP) is 3.13. The van der Waals surface area contributed by atoms with Crippen molar-refractivity contribution in [1.82, 2.24) is 9.97 Å². The second-order valence-corrected chi connectivity index (χ2v) is 8.41. The number of morpholine rings is 1. The summed E-state index contributed by atoms with van der Waals surface area (Å²) in [6.45, 7) is 4.73. The number of Topliss-reactive ketones (excluding diaryl/α,β-unsaturated/α-hetero) is 1. The summed E-state index contributed by atoms with van der Waals surface area (Å²) in [6, 6.07) is 3.14. The van der Waals surface area contributed by atoms with Crippen molar-refractivity contribution in [2.75, 3.05) is 55.8 Å². The minimum atomic E-state index is -4.82. The van der Waals surface area contributed by atoms with E-state index in [-0.39, 0.29) is 24.3 Å². The third kappa shape index (κ3) is 5.92. The number of hydrogen-bond acceptors (Lipinski definition) is 9. The number of pyridine rings is 1. The zero-order chi connectivity index (χ0) is 25.0. The molecule has 4 heterocycles. The summed E-state index contributed by atoms with van der Waals surface area (Å²) < 4.78 is 56.2. The minimum Gasteiger partial charge on any atom is -0.466 e. The number of aromatic nitrogens is 2. The van der Waals surface area contributed by atoms with Gasteiger partial charge in [0, 0.05) is 38.8 Å². The summed E-state index contributed by atoms with van der Waals surface area (Å²) in [4.78, 5) is 36.2. The summed E-state index contributed by atoms with van der Waals surface area (Å²) in [6.07, 6.45) is -2.36. The van der Waals surface area contributed by atoms with Gasteiger partial charge in [-0.25, -0.2) is 4.98 Å². The lowest BCUT2D eigenvalue weighted by atomic mass is 9.97. The number of carbonyl (C=O) groups excluding carboxylic acids is 2. The smallest absolute Gasteiger partial charge is 0.437 e. The monoisotopic (exact) mass is 496 g/mol. The van der Waals surface area contributed by atoms with Gasteiger partial charge in [-0.15, -0.1) is 0 Å². The average Bonchev–Trinajstić information content (AvgIpc) is 3.32. The van der Waals surface area contributed by atoms with Crippen LogP contribution in [0.4, 0.5) is 25.0 Å². The second-order valence-electron chi connectivity index (χ2n) is 8.41. The molecule has 0 radical (unpaired) electrons. The van der Waals surface area contributed by atoms with E-state index in [0.717, 1.165) is 0 Å². The molecule has 2 aliphatic rings. The van der Waals surface area contributed by atoms with Gasteiger partial charge in [0.25, 0.3) is 6.01 Å². The molecule has 2 aromatic heterocycles. The Morgan fingerprint density at radius 3 is 2.43 bits per heavy atom. The maximum absolute atomic E-state index is 13.5. The zero-order valence-corrected chi connectivity index (χ0v) is 19.3. The lowest BCUT2D eigenvalue weighted by Gasteiger charge is -2.31. The quantitative estimate of drug-likeness (QED) is 0.423. The van der Waals surface area contributed by atoms with E-state index in [1.54, 1.807) is 19.1 Å². The van der Waals surface area contributed by atoms with Crippen molar-refractivity contribution in [2.24, 2.45) is 5.92 Å². The third-order valence-electron chi connectivity index (χ3n) is 6.03. The molecule has 2 fully saturated rings. The Hall–Kier alpha value is -3.15. The molecule has 0 atom stereocenters. The third-order valence-corrected chi connectivity index (χ3v) is 6.03. The molecule has 0 bridgehead atoms. The number of alkyl halides is 3. The fourth-order valence-electron chi connectivity index (χ4n) is 4.16. The SMILES string of the molecule is CCOC(=O)C1CCN(c2ccc(CC(=O)c3oc(N4CCOCC4)nc3C(F)(F)F)cn2)CC1. The van der Waals surface area contributed by atoms with Gasteiger partial charge in [0.15, 0.2) is 5.69 Å². The van der Waals surface area contributed by atoms with Crippen LogP contribution in [0.1, 0.15) is 41.6 Å². The number of ether oxygens (including phenoxy) is 2. The standard InChI is InChI=1S/C23H27F3N4O5/c1-2-34-21(32)16-5-7-29(8-6-16)18-4-3-15(14-27-18)13-17(31)19-20(23(24,25)26)28-22(35-19)30-9-11-33-12-10-30/h3-4,14,16H,2,5-13H2,1H3.